The topological polar surface area (TPSA) is 106 Å². The van der Waals surface area contributed by atoms with E-state index in [-0.39, 0.29) is 6.61 Å². The molecular formula is C15H27NO7. The summed E-state index contributed by atoms with van der Waals surface area (Å²) < 4.78 is 15.4. The molecule has 1 fully saturated rings. The maximum atomic E-state index is 12.5. The van der Waals surface area contributed by atoms with Crippen LogP contribution in [0.1, 0.15) is 41.5 Å². The highest BCUT2D eigenvalue weighted by atomic mass is 16.6. The second kappa shape index (κ2) is 6.26. The molecule has 3 atom stereocenters. The first kappa shape index (κ1) is 19.7. The van der Waals surface area contributed by atoms with Gasteiger partial charge in [-0.2, -0.15) is 0 Å². The molecule has 1 heterocycles. The lowest BCUT2D eigenvalue weighted by Gasteiger charge is -2.39. The van der Waals surface area contributed by atoms with E-state index in [1.165, 1.54) is 4.90 Å². The highest BCUT2D eigenvalue weighted by Gasteiger charge is 2.54. The number of nitrogens with zero attached hydrogens (tertiary/aromatic N) is 1. The van der Waals surface area contributed by atoms with E-state index < -0.39 is 41.1 Å². The number of esters is 1. The van der Waals surface area contributed by atoms with Gasteiger partial charge in [0.15, 0.2) is 5.60 Å². The Hall–Kier alpha value is -1.38. The molecule has 0 aromatic carbocycles. The lowest BCUT2D eigenvalue weighted by atomic mass is 9.92. The van der Waals surface area contributed by atoms with Crippen LogP contribution in [0.5, 0.6) is 0 Å². The fourth-order valence-electron chi connectivity index (χ4n) is 2.43. The summed E-state index contributed by atoms with van der Waals surface area (Å²) in [5.74, 6) is -1.00. The molecule has 1 aliphatic heterocycles. The average Bonchev–Trinajstić information content (AvgIpc) is 2.70. The number of amides is 1. The van der Waals surface area contributed by atoms with Gasteiger partial charge in [-0.15, -0.1) is 0 Å². The van der Waals surface area contributed by atoms with Gasteiger partial charge in [0.1, 0.15) is 17.4 Å². The lowest BCUT2D eigenvalue weighted by molar-refractivity contribution is -0.177. The number of aliphatic hydroxyl groups excluding tert-OH is 1. The summed E-state index contributed by atoms with van der Waals surface area (Å²) in [6, 6.07) is -0.964. The van der Waals surface area contributed by atoms with Crippen LogP contribution in [0.3, 0.4) is 0 Å². The van der Waals surface area contributed by atoms with Crippen molar-refractivity contribution in [3.8, 4) is 0 Å². The van der Waals surface area contributed by atoms with Crippen molar-refractivity contribution < 1.29 is 34.0 Å². The summed E-state index contributed by atoms with van der Waals surface area (Å²) in [4.78, 5) is 25.4. The fraction of sp³-hybridized carbons (Fsp3) is 0.867. The molecule has 1 rings (SSSR count). The number of rotatable bonds is 3. The molecular weight excluding hydrogens is 306 g/mol. The van der Waals surface area contributed by atoms with Gasteiger partial charge in [-0.25, -0.2) is 9.59 Å². The predicted molar refractivity (Wildman–Crippen MR) is 80.5 cm³/mol. The molecule has 8 heteroatoms. The molecule has 1 aliphatic rings. The van der Waals surface area contributed by atoms with Crippen molar-refractivity contribution in [3.63, 3.8) is 0 Å². The molecule has 1 amide bonds. The van der Waals surface area contributed by atoms with E-state index in [1.54, 1.807) is 34.6 Å². The van der Waals surface area contributed by atoms with E-state index in [1.807, 2.05) is 0 Å². The van der Waals surface area contributed by atoms with Crippen LogP contribution in [-0.2, 0) is 19.0 Å². The molecule has 8 nitrogen and oxygen atoms in total. The number of hydrogen-bond donors (Lipinski definition) is 2. The quantitative estimate of drug-likeness (QED) is 0.730. The van der Waals surface area contributed by atoms with Gasteiger partial charge in [0.25, 0.3) is 0 Å². The van der Waals surface area contributed by atoms with Crippen LogP contribution < -0.4 is 0 Å². The summed E-state index contributed by atoms with van der Waals surface area (Å²) in [6.07, 6.45) is -2.31. The van der Waals surface area contributed by atoms with Crippen LogP contribution in [-0.4, -0.2) is 70.0 Å². The Morgan fingerprint density at radius 1 is 1.30 bits per heavy atom. The summed E-state index contributed by atoms with van der Waals surface area (Å²) >= 11 is 0. The molecule has 134 valence electrons. The number of carbonyl (C=O) groups excluding carboxylic acids is 2. The number of ether oxygens (including phenoxy) is 3. The van der Waals surface area contributed by atoms with E-state index in [0.29, 0.717) is 0 Å². The van der Waals surface area contributed by atoms with Gasteiger partial charge in [-0.1, -0.05) is 0 Å². The summed E-state index contributed by atoms with van der Waals surface area (Å²) in [5, 5.41) is 20.7. The molecule has 0 saturated carbocycles. The molecule has 0 radical (unpaired) electrons. The number of methoxy groups -OCH3 is 1. The zero-order valence-corrected chi connectivity index (χ0v) is 14.7. The number of carbonyl (C=O) groups is 2. The third-order valence-electron chi connectivity index (χ3n) is 3.65. The lowest BCUT2D eigenvalue weighted by Crippen LogP contribution is -2.60. The van der Waals surface area contributed by atoms with E-state index in [4.69, 9.17) is 9.47 Å². The Morgan fingerprint density at radius 3 is 2.26 bits per heavy atom. The minimum Gasteiger partial charge on any atom is -0.467 e. The molecule has 0 unspecified atom stereocenters. The summed E-state index contributed by atoms with van der Waals surface area (Å²) in [5.41, 5.74) is -3.99. The molecule has 23 heavy (non-hydrogen) atoms. The molecule has 0 aromatic rings. The van der Waals surface area contributed by atoms with Gasteiger partial charge in [0.2, 0.25) is 0 Å². The fourth-order valence-corrected chi connectivity index (χ4v) is 2.43. The average molecular weight is 333 g/mol. The van der Waals surface area contributed by atoms with E-state index in [0.717, 1.165) is 14.0 Å². The molecule has 0 spiro atoms. The van der Waals surface area contributed by atoms with Gasteiger partial charge >= 0.3 is 12.1 Å². The van der Waals surface area contributed by atoms with Crippen LogP contribution in [0.25, 0.3) is 0 Å². The second-order valence-electron chi connectivity index (χ2n) is 7.26. The zero-order chi connectivity index (χ0) is 18.2. The van der Waals surface area contributed by atoms with Crippen LogP contribution >= 0.6 is 0 Å². The Morgan fingerprint density at radius 2 is 1.83 bits per heavy atom. The predicted octanol–water partition coefficient (Wildman–Crippen LogP) is 0.643. The Kier molecular flexibility index (Phi) is 5.35. The summed E-state index contributed by atoms with van der Waals surface area (Å²) in [6.45, 7) is 9.48. The largest absolute Gasteiger partial charge is 0.467 e. The van der Waals surface area contributed by atoms with Crippen LogP contribution in [0.4, 0.5) is 4.79 Å². The monoisotopic (exact) mass is 333 g/mol. The van der Waals surface area contributed by atoms with Crippen molar-refractivity contribution in [2.24, 2.45) is 0 Å². The van der Waals surface area contributed by atoms with Crippen molar-refractivity contribution >= 4 is 12.1 Å². The molecule has 0 aliphatic carbocycles. The second-order valence-corrected chi connectivity index (χ2v) is 7.26. The standard InChI is InChI=1S/C15H27NO7/c1-13(2,3)23-12(19)16-9(8-22-14(16,4)5)10(17)15(6,20)11(18)21-7/h9-10,17,20H,8H2,1-7H3/t9-,10-,15-/m0/s1. The highest BCUT2D eigenvalue weighted by Crippen LogP contribution is 2.33. The van der Waals surface area contributed by atoms with Crippen LogP contribution in [0.15, 0.2) is 0 Å². The van der Waals surface area contributed by atoms with Crippen LogP contribution in [0, 0.1) is 0 Å². The molecule has 2 N–H and O–H groups in total. The maximum Gasteiger partial charge on any atom is 0.412 e. The normalized spacial score (nSPS) is 24.7. The first-order chi connectivity index (χ1) is 10.2. The summed E-state index contributed by atoms with van der Waals surface area (Å²) in [7, 11) is 1.10. The minimum absolute atomic E-state index is 0.0550. The van der Waals surface area contributed by atoms with Gasteiger partial charge in [-0.05, 0) is 41.5 Å². The van der Waals surface area contributed by atoms with E-state index in [2.05, 4.69) is 4.74 Å². The van der Waals surface area contributed by atoms with Gasteiger partial charge < -0.3 is 24.4 Å². The van der Waals surface area contributed by atoms with E-state index >= 15 is 0 Å². The highest BCUT2D eigenvalue weighted by molar-refractivity contribution is 5.80. The first-order valence-electron chi connectivity index (χ1n) is 7.39. The Labute approximate surface area is 136 Å². The number of hydrogen-bond acceptors (Lipinski definition) is 7. The third kappa shape index (κ3) is 4.13. The third-order valence-corrected chi connectivity index (χ3v) is 3.65. The molecule has 1 saturated heterocycles. The smallest absolute Gasteiger partial charge is 0.412 e. The van der Waals surface area contributed by atoms with Gasteiger partial charge in [0.05, 0.1) is 19.8 Å². The minimum atomic E-state index is -2.19. The SMILES string of the molecule is COC(=O)[C@@](C)(O)[C@@H](O)[C@@H]1COC(C)(C)N1C(=O)OC(C)(C)C. The Balaban J connectivity index is 3.10. The van der Waals surface area contributed by atoms with Crippen LogP contribution in [0.2, 0.25) is 0 Å². The zero-order valence-electron chi connectivity index (χ0n) is 14.7. The molecule has 0 aromatic heterocycles. The van der Waals surface area contributed by atoms with Crippen molar-refractivity contribution in [3.05, 3.63) is 0 Å². The van der Waals surface area contributed by atoms with E-state index in [9.17, 15) is 19.8 Å². The van der Waals surface area contributed by atoms with Crippen molar-refractivity contribution in [1.29, 1.82) is 0 Å². The number of aliphatic hydroxyl groups is 2. The van der Waals surface area contributed by atoms with Gasteiger partial charge in [0, 0.05) is 0 Å². The first-order valence-corrected chi connectivity index (χ1v) is 7.39. The van der Waals surface area contributed by atoms with Crippen molar-refractivity contribution in [2.75, 3.05) is 13.7 Å². The molecule has 0 bridgehead atoms. The van der Waals surface area contributed by atoms with Gasteiger partial charge in [-0.3, -0.25) is 4.90 Å². The Bertz CT molecular complexity index is 467. The maximum absolute atomic E-state index is 12.5. The van der Waals surface area contributed by atoms with Crippen molar-refractivity contribution in [1.82, 2.24) is 4.90 Å². The van der Waals surface area contributed by atoms with Crippen molar-refractivity contribution in [2.45, 2.75) is 70.6 Å².